The van der Waals surface area contributed by atoms with Gasteiger partial charge in [-0.2, -0.15) is 0 Å². The molecule has 5 nitrogen and oxygen atoms in total. The van der Waals surface area contributed by atoms with Crippen LogP contribution in [0.25, 0.3) is 0 Å². The van der Waals surface area contributed by atoms with Crippen LogP contribution < -0.4 is 5.32 Å². The molecule has 1 amide bonds. The summed E-state index contributed by atoms with van der Waals surface area (Å²) in [6.07, 6.45) is 0. The minimum atomic E-state index is -0.510. The lowest BCUT2D eigenvalue weighted by Crippen LogP contribution is -2.13. The largest absolute Gasteiger partial charge is 0.316 e. The molecule has 0 heterocycles. The van der Waals surface area contributed by atoms with Crippen LogP contribution in [-0.4, -0.2) is 10.8 Å². The van der Waals surface area contributed by atoms with Crippen molar-refractivity contribution in [3.8, 4) is 0 Å². The minimum absolute atomic E-state index is 0.117. The van der Waals surface area contributed by atoms with Crippen LogP contribution in [0.3, 0.4) is 0 Å². The number of halogens is 1. The molecule has 0 spiro atoms. The number of hydrogen-bond acceptors (Lipinski definition) is 3. The van der Waals surface area contributed by atoms with Gasteiger partial charge in [0.1, 0.15) is 5.69 Å². The normalized spacial score (nSPS) is 10.1. The second kappa shape index (κ2) is 5.83. The molecular weight excluding hydrogens is 324 g/mol. The quantitative estimate of drug-likeness (QED) is 0.683. The topological polar surface area (TPSA) is 72.2 Å². The number of nitro benzene ring substituents is 1. The number of nitrogens with zero attached hydrogens (tertiary/aromatic N) is 1. The second-order valence-corrected chi connectivity index (χ2v) is 5.16. The third kappa shape index (κ3) is 3.21. The first kappa shape index (κ1) is 14.2. The number of amides is 1. The number of nitrogens with one attached hydrogen (secondary N) is 1. The third-order valence-corrected chi connectivity index (χ3v) is 3.18. The Morgan fingerprint density at radius 1 is 1.25 bits per heavy atom. The lowest BCUT2D eigenvalue weighted by molar-refractivity contribution is -0.384. The summed E-state index contributed by atoms with van der Waals surface area (Å²) in [4.78, 5) is 22.6. The summed E-state index contributed by atoms with van der Waals surface area (Å²) in [7, 11) is 0. The molecule has 102 valence electrons. The van der Waals surface area contributed by atoms with Gasteiger partial charge in [0.05, 0.1) is 4.92 Å². The molecule has 0 aliphatic carbocycles. The summed E-state index contributed by atoms with van der Waals surface area (Å²) in [5, 5.41) is 13.6. The first-order valence-electron chi connectivity index (χ1n) is 5.79. The maximum Gasteiger partial charge on any atom is 0.293 e. The lowest BCUT2D eigenvalue weighted by atomic mass is 10.1. The van der Waals surface area contributed by atoms with Crippen molar-refractivity contribution in [3.63, 3.8) is 0 Å². The van der Waals surface area contributed by atoms with Gasteiger partial charge >= 0.3 is 0 Å². The van der Waals surface area contributed by atoms with E-state index < -0.39 is 10.8 Å². The molecule has 0 radical (unpaired) electrons. The van der Waals surface area contributed by atoms with E-state index in [1.54, 1.807) is 37.3 Å². The van der Waals surface area contributed by atoms with Gasteiger partial charge in [-0.1, -0.05) is 28.1 Å². The third-order valence-electron chi connectivity index (χ3n) is 2.68. The van der Waals surface area contributed by atoms with Crippen LogP contribution in [0.4, 0.5) is 11.4 Å². The summed E-state index contributed by atoms with van der Waals surface area (Å²) in [6, 6.07) is 11.5. The maximum absolute atomic E-state index is 12.1. The Balaban J connectivity index is 2.30. The van der Waals surface area contributed by atoms with Gasteiger partial charge in [-0.25, -0.2) is 0 Å². The zero-order valence-corrected chi connectivity index (χ0v) is 12.2. The molecule has 0 bridgehead atoms. The van der Waals surface area contributed by atoms with Crippen LogP contribution in [0.5, 0.6) is 0 Å². The van der Waals surface area contributed by atoms with Crippen molar-refractivity contribution >= 4 is 33.2 Å². The predicted octanol–water partition coefficient (Wildman–Crippen LogP) is 3.92. The van der Waals surface area contributed by atoms with Gasteiger partial charge in [0.2, 0.25) is 0 Å². The number of carbonyl (C=O) groups excluding carboxylic acids is 1. The SMILES string of the molecule is Cc1ccc(NC(=O)c2cccc(Br)c2)c([N+](=O)[O-])c1. The van der Waals surface area contributed by atoms with E-state index in [1.165, 1.54) is 12.1 Å². The summed E-state index contributed by atoms with van der Waals surface area (Å²) in [5.74, 6) is -0.391. The van der Waals surface area contributed by atoms with E-state index in [1.807, 2.05) is 0 Å². The van der Waals surface area contributed by atoms with Gasteiger partial charge < -0.3 is 5.32 Å². The van der Waals surface area contributed by atoms with E-state index in [9.17, 15) is 14.9 Å². The van der Waals surface area contributed by atoms with E-state index in [-0.39, 0.29) is 11.4 Å². The highest BCUT2D eigenvalue weighted by molar-refractivity contribution is 9.10. The summed E-state index contributed by atoms with van der Waals surface area (Å²) in [5.41, 5.74) is 1.25. The Morgan fingerprint density at radius 3 is 2.65 bits per heavy atom. The van der Waals surface area contributed by atoms with Gasteiger partial charge in [0.25, 0.3) is 11.6 Å². The molecule has 2 rings (SSSR count). The van der Waals surface area contributed by atoms with Crippen LogP contribution >= 0.6 is 15.9 Å². The summed E-state index contributed by atoms with van der Waals surface area (Å²) >= 11 is 3.27. The highest BCUT2D eigenvalue weighted by Gasteiger charge is 2.16. The van der Waals surface area contributed by atoms with E-state index >= 15 is 0 Å². The minimum Gasteiger partial charge on any atom is -0.316 e. The van der Waals surface area contributed by atoms with E-state index in [0.29, 0.717) is 5.56 Å². The highest BCUT2D eigenvalue weighted by Crippen LogP contribution is 2.26. The number of nitro groups is 1. The second-order valence-electron chi connectivity index (χ2n) is 4.24. The van der Waals surface area contributed by atoms with Crippen molar-refractivity contribution < 1.29 is 9.72 Å². The fourth-order valence-corrected chi connectivity index (χ4v) is 2.12. The van der Waals surface area contributed by atoms with Crippen LogP contribution in [0.1, 0.15) is 15.9 Å². The van der Waals surface area contributed by atoms with E-state index in [0.717, 1.165) is 10.0 Å². The Hall–Kier alpha value is -2.21. The van der Waals surface area contributed by atoms with Crippen molar-refractivity contribution in [1.82, 2.24) is 0 Å². The summed E-state index contributed by atoms with van der Waals surface area (Å²) < 4.78 is 0.767. The molecule has 0 aliphatic rings. The smallest absolute Gasteiger partial charge is 0.293 e. The van der Waals surface area contributed by atoms with Gasteiger partial charge in [0, 0.05) is 16.1 Å². The van der Waals surface area contributed by atoms with Crippen molar-refractivity contribution in [3.05, 3.63) is 68.2 Å². The Bertz CT molecular complexity index is 686. The van der Waals surface area contributed by atoms with Crippen LogP contribution in [0.15, 0.2) is 46.9 Å². The monoisotopic (exact) mass is 334 g/mol. The Kier molecular flexibility index (Phi) is 4.14. The number of benzene rings is 2. The number of hydrogen-bond donors (Lipinski definition) is 1. The molecule has 0 atom stereocenters. The van der Waals surface area contributed by atoms with Gasteiger partial charge in [0.15, 0.2) is 0 Å². The van der Waals surface area contributed by atoms with Gasteiger partial charge in [-0.05, 0) is 36.8 Å². The average Bonchev–Trinajstić information content (AvgIpc) is 2.40. The molecular formula is C14H11BrN2O3. The molecule has 2 aromatic rings. The van der Waals surface area contributed by atoms with Crippen molar-refractivity contribution in [2.75, 3.05) is 5.32 Å². The molecule has 0 saturated heterocycles. The number of aryl methyl sites for hydroxylation is 1. The van der Waals surface area contributed by atoms with Gasteiger partial charge in [-0.3, -0.25) is 14.9 Å². The van der Waals surface area contributed by atoms with E-state index in [4.69, 9.17) is 0 Å². The predicted molar refractivity (Wildman–Crippen MR) is 79.9 cm³/mol. The van der Waals surface area contributed by atoms with Crippen molar-refractivity contribution in [1.29, 1.82) is 0 Å². The zero-order chi connectivity index (χ0) is 14.7. The standard InChI is InChI=1S/C14H11BrN2O3/c1-9-5-6-12(13(7-9)17(19)20)16-14(18)10-3-2-4-11(15)8-10/h2-8H,1H3,(H,16,18). The molecule has 0 fully saturated rings. The summed E-state index contributed by atoms with van der Waals surface area (Å²) in [6.45, 7) is 1.76. The molecule has 0 unspecified atom stereocenters. The number of rotatable bonds is 3. The average molecular weight is 335 g/mol. The Labute approximate surface area is 123 Å². The molecule has 6 heteroatoms. The molecule has 0 aromatic heterocycles. The van der Waals surface area contributed by atoms with Crippen molar-refractivity contribution in [2.45, 2.75) is 6.92 Å². The molecule has 0 saturated carbocycles. The van der Waals surface area contributed by atoms with Crippen molar-refractivity contribution in [2.24, 2.45) is 0 Å². The van der Waals surface area contributed by atoms with Crippen LogP contribution in [0, 0.1) is 17.0 Å². The molecule has 0 aliphatic heterocycles. The van der Waals surface area contributed by atoms with Crippen LogP contribution in [0.2, 0.25) is 0 Å². The number of anilines is 1. The Morgan fingerprint density at radius 2 is 2.00 bits per heavy atom. The first-order valence-corrected chi connectivity index (χ1v) is 6.58. The lowest BCUT2D eigenvalue weighted by Gasteiger charge is -2.07. The molecule has 20 heavy (non-hydrogen) atoms. The number of carbonyl (C=O) groups is 1. The first-order chi connectivity index (χ1) is 9.47. The highest BCUT2D eigenvalue weighted by atomic mass is 79.9. The molecule has 2 aromatic carbocycles. The maximum atomic E-state index is 12.1. The van der Waals surface area contributed by atoms with Crippen LogP contribution in [-0.2, 0) is 0 Å². The zero-order valence-electron chi connectivity index (χ0n) is 10.6. The van der Waals surface area contributed by atoms with E-state index in [2.05, 4.69) is 21.2 Å². The molecule has 1 N–H and O–H groups in total. The fourth-order valence-electron chi connectivity index (χ4n) is 1.72. The van der Waals surface area contributed by atoms with Gasteiger partial charge in [-0.15, -0.1) is 0 Å². The fraction of sp³-hybridized carbons (Fsp3) is 0.0714.